The summed E-state index contributed by atoms with van der Waals surface area (Å²) in [6.45, 7) is 4.01. The molecule has 4 heteroatoms. The Morgan fingerprint density at radius 1 is 1.38 bits per heavy atom. The zero-order valence-corrected chi connectivity index (χ0v) is 9.17. The number of benzene rings is 1. The van der Waals surface area contributed by atoms with Gasteiger partial charge in [-0.1, -0.05) is 11.6 Å². The molecule has 0 spiro atoms. The minimum atomic E-state index is 0. The van der Waals surface area contributed by atoms with Crippen LogP contribution in [0.3, 0.4) is 0 Å². The van der Waals surface area contributed by atoms with E-state index < -0.39 is 0 Å². The third-order valence-corrected chi connectivity index (χ3v) is 2.49. The molecule has 2 nitrogen and oxygen atoms in total. The van der Waals surface area contributed by atoms with Gasteiger partial charge in [-0.15, -0.1) is 12.4 Å². The van der Waals surface area contributed by atoms with Gasteiger partial charge in [0.25, 0.3) is 0 Å². The van der Waals surface area contributed by atoms with Gasteiger partial charge in [0, 0.05) is 17.1 Å². The molecule has 3 N–H and O–H groups in total. The van der Waals surface area contributed by atoms with Gasteiger partial charge in [-0.05, 0) is 31.0 Å². The second-order valence-electron chi connectivity index (χ2n) is 2.82. The smallest absolute Gasteiger partial charge is 0.123 e. The van der Waals surface area contributed by atoms with Crippen molar-refractivity contribution < 1.29 is 5.11 Å². The van der Waals surface area contributed by atoms with Crippen LogP contribution in [0.5, 0.6) is 5.75 Å². The van der Waals surface area contributed by atoms with Crippen LogP contribution in [0.15, 0.2) is 6.07 Å². The van der Waals surface area contributed by atoms with Gasteiger partial charge in [0.2, 0.25) is 0 Å². The van der Waals surface area contributed by atoms with E-state index in [0.29, 0.717) is 17.1 Å². The Kier molecular flexibility index (Phi) is 4.54. The van der Waals surface area contributed by atoms with Gasteiger partial charge < -0.3 is 10.8 Å². The van der Waals surface area contributed by atoms with Crippen molar-refractivity contribution in [3.8, 4) is 5.75 Å². The normalized spacial score (nSPS) is 9.54. The molecule has 74 valence electrons. The van der Waals surface area contributed by atoms with Crippen molar-refractivity contribution >= 4 is 24.0 Å². The van der Waals surface area contributed by atoms with Crippen LogP contribution >= 0.6 is 24.0 Å². The van der Waals surface area contributed by atoms with Gasteiger partial charge in [0.05, 0.1) is 0 Å². The highest BCUT2D eigenvalue weighted by atomic mass is 35.5. The average molecular weight is 222 g/mol. The summed E-state index contributed by atoms with van der Waals surface area (Å²) in [7, 11) is 0. The molecule has 0 saturated heterocycles. The maximum absolute atomic E-state index is 9.56. The highest BCUT2D eigenvalue weighted by molar-refractivity contribution is 6.31. The number of hydrogen-bond acceptors (Lipinski definition) is 2. The summed E-state index contributed by atoms with van der Waals surface area (Å²) in [5.74, 6) is 0.263. The molecule has 0 amide bonds. The molecule has 1 rings (SSSR count). The van der Waals surface area contributed by atoms with Gasteiger partial charge in [-0.25, -0.2) is 0 Å². The van der Waals surface area contributed by atoms with Crippen molar-refractivity contribution in [3.63, 3.8) is 0 Å². The number of rotatable bonds is 1. The quantitative estimate of drug-likeness (QED) is 0.766. The van der Waals surface area contributed by atoms with Crippen LogP contribution < -0.4 is 5.73 Å². The Hall–Kier alpha value is -0.440. The molecule has 13 heavy (non-hydrogen) atoms. The Bertz CT molecular complexity index is 313. The monoisotopic (exact) mass is 221 g/mol. The molecular weight excluding hydrogens is 209 g/mol. The highest BCUT2D eigenvalue weighted by Crippen LogP contribution is 2.30. The highest BCUT2D eigenvalue weighted by Gasteiger charge is 2.08. The molecule has 0 unspecified atom stereocenters. The lowest BCUT2D eigenvalue weighted by Gasteiger charge is -2.09. The van der Waals surface area contributed by atoms with Gasteiger partial charge in [-0.2, -0.15) is 0 Å². The number of nitrogens with two attached hydrogens (primary N) is 1. The summed E-state index contributed by atoms with van der Waals surface area (Å²) >= 11 is 5.90. The SMILES string of the molecule is Cc1c(Cl)cc(CN)c(O)c1C.Cl. The fourth-order valence-corrected chi connectivity index (χ4v) is 1.36. The molecule has 0 aromatic heterocycles. The van der Waals surface area contributed by atoms with Crippen LogP contribution in [0.25, 0.3) is 0 Å². The first-order chi connectivity index (χ1) is 5.57. The van der Waals surface area contributed by atoms with Gasteiger partial charge in [0.1, 0.15) is 5.75 Å². The first-order valence-corrected chi connectivity index (χ1v) is 4.13. The van der Waals surface area contributed by atoms with E-state index in [4.69, 9.17) is 17.3 Å². The maximum atomic E-state index is 9.56. The summed E-state index contributed by atoms with van der Waals surface area (Å²) in [6, 6.07) is 1.71. The minimum Gasteiger partial charge on any atom is -0.507 e. The molecule has 0 aliphatic heterocycles. The zero-order valence-electron chi connectivity index (χ0n) is 7.60. The lowest BCUT2D eigenvalue weighted by molar-refractivity contribution is 0.463. The maximum Gasteiger partial charge on any atom is 0.123 e. The largest absolute Gasteiger partial charge is 0.507 e. The standard InChI is InChI=1S/C9H12ClNO.ClH/c1-5-6(2)9(12)7(4-11)3-8(5)10;/h3,12H,4,11H2,1-2H3;1H. The molecule has 0 heterocycles. The van der Waals surface area contributed by atoms with Crippen LogP contribution in [0.4, 0.5) is 0 Å². The first kappa shape index (κ1) is 12.6. The van der Waals surface area contributed by atoms with Gasteiger partial charge >= 0.3 is 0 Å². The van der Waals surface area contributed by atoms with E-state index in [1.54, 1.807) is 6.07 Å². The van der Waals surface area contributed by atoms with E-state index in [-0.39, 0.29) is 18.2 Å². The summed E-state index contributed by atoms with van der Waals surface area (Å²) in [6.07, 6.45) is 0. The fraction of sp³-hybridized carbons (Fsp3) is 0.333. The third kappa shape index (κ3) is 2.27. The Morgan fingerprint density at radius 3 is 2.38 bits per heavy atom. The van der Waals surface area contributed by atoms with Crippen LogP contribution in [0.2, 0.25) is 5.02 Å². The molecular formula is C9H13Cl2NO. The van der Waals surface area contributed by atoms with Crippen LogP contribution in [0.1, 0.15) is 16.7 Å². The molecule has 0 aliphatic carbocycles. The number of aromatic hydroxyl groups is 1. The van der Waals surface area contributed by atoms with Crippen molar-refractivity contribution in [1.29, 1.82) is 0 Å². The van der Waals surface area contributed by atoms with E-state index in [1.807, 2.05) is 13.8 Å². The number of hydrogen-bond donors (Lipinski definition) is 2. The summed E-state index contributed by atoms with van der Waals surface area (Å²) < 4.78 is 0. The number of halogens is 2. The fourth-order valence-electron chi connectivity index (χ4n) is 1.08. The van der Waals surface area contributed by atoms with Crippen molar-refractivity contribution in [2.45, 2.75) is 20.4 Å². The molecule has 0 radical (unpaired) electrons. The summed E-state index contributed by atoms with van der Waals surface area (Å²) in [4.78, 5) is 0. The average Bonchev–Trinajstić information content (AvgIpc) is 2.08. The van der Waals surface area contributed by atoms with Gasteiger partial charge in [-0.3, -0.25) is 0 Å². The van der Waals surface area contributed by atoms with Crippen LogP contribution in [0, 0.1) is 13.8 Å². The number of phenolic OH excluding ortho intramolecular Hbond substituents is 1. The van der Waals surface area contributed by atoms with E-state index in [0.717, 1.165) is 11.1 Å². The second kappa shape index (κ2) is 4.70. The third-order valence-electron chi connectivity index (χ3n) is 2.10. The predicted octanol–water partition coefficient (Wildman–Crippen LogP) is 2.54. The van der Waals surface area contributed by atoms with Gasteiger partial charge in [0.15, 0.2) is 0 Å². The van der Waals surface area contributed by atoms with Crippen LogP contribution in [-0.4, -0.2) is 5.11 Å². The molecule has 1 aromatic rings. The Labute approximate surface area is 89.1 Å². The summed E-state index contributed by atoms with van der Waals surface area (Å²) in [5, 5.41) is 10.2. The topological polar surface area (TPSA) is 46.2 Å². The predicted molar refractivity (Wildman–Crippen MR) is 57.7 cm³/mol. The zero-order chi connectivity index (χ0) is 9.30. The molecule has 0 atom stereocenters. The van der Waals surface area contributed by atoms with Crippen molar-refractivity contribution in [3.05, 3.63) is 27.8 Å². The molecule has 1 aromatic carbocycles. The second-order valence-corrected chi connectivity index (χ2v) is 3.23. The molecule has 0 bridgehead atoms. The van der Waals surface area contributed by atoms with Crippen molar-refractivity contribution in [1.82, 2.24) is 0 Å². The lowest BCUT2D eigenvalue weighted by Crippen LogP contribution is -1.99. The van der Waals surface area contributed by atoms with E-state index in [1.165, 1.54) is 0 Å². The Morgan fingerprint density at radius 2 is 1.92 bits per heavy atom. The minimum absolute atomic E-state index is 0. The summed E-state index contributed by atoms with van der Waals surface area (Å²) in [5.41, 5.74) is 7.83. The molecule has 0 saturated carbocycles. The van der Waals surface area contributed by atoms with Crippen molar-refractivity contribution in [2.24, 2.45) is 5.73 Å². The van der Waals surface area contributed by atoms with E-state index in [2.05, 4.69) is 0 Å². The number of phenols is 1. The first-order valence-electron chi connectivity index (χ1n) is 3.75. The van der Waals surface area contributed by atoms with E-state index >= 15 is 0 Å². The van der Waals surface area contributed by atoms with Crippen molar-refractivity contribution in [2.75, 3.05) is 0 Å². The Balaban J connectivity index is 0.00000144. The molecule has 0 aliphatic rings. The molecule has 0 fully saturated rings. The van der Waals surface area contributed by atoms with E-state index in [9.17, 15) is 5.11 Å². The lowest BCUT2D eigenvalue weighted by atomic mass is 10.0. The van der Waals surface area contributed by atoms with Crippen LogP contribution in [-0.2, 0) is 6.54 Å².